The number of rotatable bonds is 2. The normalized spacial score (nSPS) is 9.93. The molecule has 0 aliphatic rings. The smallest absolute Gasteiger partial charge is 0.255 e. The Morgan fingerprint density at radius 1 is 1.57 bits per heavy atom. The average Bonchev–Trinajstić information content (AvgIpc) is 2.19. The number of nitrogen functional groups attached to an aromatic ring is 1. The van der Waals surface area contributed by atoms with Crippen LogP contribution in [0.25, 0.3) is 0 Å². The molecular formula is C10H13ClN2O. The molecule has 1 amide bonds. The number of hydrogen-bond donors (Lipinski definition) is 1. The zero-order chi connectivity index (χ0) is 10.7. The number of halogens is 1. The monoisotopic (exact) mass is 212 g/mol. The molecule has 1 aromatic carbocycles. The molecule has 0 aliphatic heterocycles. The van der Waals surface area contributed by atoms with Crippen LogP contribution in [0.15, 0.2) is 18.2 Å². The standard InChI is InChI=1S/C10H13ClN2O/c1-3-13(2)10(14)8-6-7(12)4-5-9(8)11/h4-6H,3,12H2,1-2H3. The van der Waals surface area contributed by atoms with Crippen molar-refractivity contribution >= 4 is 23.2 Å². The molecule has 0 saturated carbocycles. The van der Waals surface area contributed by atoms with Crippen LogP contribution in [-0.2, 0) is 0 Å². The second kappa shape index (κ2) is 4.33. The van der Waals surface area contributed by atoms with Gasteiger partial charge in [0.25, 0.3) is 5.91 Å². The Morgan fingerprint density at radius 2 is 2.21 bits per heavy atom. The van der Waals surface area contributed by atoms with Crippen LogP contribution < -0.4 is 5.73 Å². The van der Waals surface area contributed by atoms with Crippen LogP contribution in [-0.4, -0.2) is 24.4 Å². The molecule has 76 valence electrons. The van der Waals surface area contributed by atoms with E-state index in [4.69, 9.17) is 17.3 Å². The van der Waals surface area contributed by atoms with Crippen molar-refractivity contribution in [2.75, 3.05) is 19.3 Å². The zero-order valence-corrected chi connectivity index (χ0v) is 9.01. The molecule has 0 bridgehead atoms. The van der Waals surface area contributed by atoms with Crippen LogP contribution >= 0.6 is 11.6 Å². The highest BCUT2D eigenvalue weighted by Gasteiger charge is 2.13. The molecule has 0 fully saturated rings. The third-order valence-electron chi connectivity index (χ3n) is 2.04. The highest BCUT2D eigenvalue weighted by Crippen LogP contribution is 2.20. The van der Waals surface area contributed by atoms with E-state index in [1.54, 1.807) is 30.1 Å². The van der Waals surface area contributed by atoms with Crippen molar-refractivity contribution in [2.24, 2.45) is 0 Å². The number of benzene rings is 1. The van der Waals surface area contributed by atoms with E-state index in [2.05, 4.69) is 0 Å². The number of carbonyl (C=O) groups excluding carboxylic acids is 1. The summed E-state index contributed by atoms with van der Waals surface area (Å²) in [5, 5.41) is 0.435. The van der Waals surface area contributed by atoms with Gasteiger partial charge < -0.3 is 10.6 Å². The lowest BCUT2D eigenvalue weighted by molar-refractivity contribution is 0.0802. The molecular weight excluding hydrogens is 200 g/mol. The fraction of sp³-hybridized carbons (Fsp3) is 0.300. The summed E-state index contributed by atoms with van der Waals surface area (Å²) in [6.07, 6.45) is 0. The first-order valence-electron chi connectivity index (χ1n) is 4.36. The van der Waals surface area contributed by atoms with Gasteiger partial charge in [-0.1, -0.05) is 11.6 Å². The molecule has 0 heterocycles. The summed E-state index contributed by atoms with van der Waals surface area (Å²) < 4.78 is 0. The second-order valence-electron chi connectivity index (χ2n) is 3.06. The highest BCUT2D eigenvalue weighted by molar-refractivity contribution is 6.33. The Hall–Kier alpha value is -1.22. The third kappa shape index (κ3) is 2.17. The van der Waals surface area contributed by atoms with E-state index in [1.807, 2.05) is 6.92 Å². The molecule has 3 nitrogen and oxygen atoms in total. The maximum Gasteiger partial charge on any atom is 0.255 e. The average molecular weight is 213 g/mol. The van der Waals surface area contributed by atoms with E-state index in [1.165, 1.54) is 0 Å². The molecule has 0 spiro atoms. The van der Waals surface area contributed by atoms with Gasteiger partial charge in [0, 0.05) is 19.3 Å². The number of anilines is 1. The van der Waals surface area contributed by atoms with E-state index in [-0.39, 0.29) is 5.91 Å². The summed E-state index contributed by atoms with van der Waals surface area (Å²) in [5.41, 5.74) is 6.58. The molecule has 0 radical (unpaired) electrons. The number of nitrogens with two attached hydrogens (primary N) is 1. The quantitative estimate of drug-likeness (QED) is 0.763. The fourth-order valence-electron chi connectivity index (χ4n) is 1.06. The largest absolute Gasteiger partial charge is 0.399 e. The van der Waals surface area contributed by atoms with Crippen molar-refractivity contribution in [1.82, 2.24) is 4.90 Å². The molecule has 2 N–H and O–H groups in total. The van der Waals surface area contributed by atoms with Gasteiger partial charge >= 0.3 is 0 Å². The van der Waals surface area contributed by atoms with Gasteiger partial charge in [0.2, 0.25) is 0 Å². The van der Waals surface area contributed by atoms with Crippen molar-refractivity contribution in [1.29, 1.82) is 0 Å². The van der Waals surface area contributed by atoms with Gasteiger partial charge in [-0.25, -0.2) is 0 Å². The van der Waals surface area contributed by atoms with Crippen molar-refractivity contribution in [3.05, 3.63) is 28.8 Å². The first-order chi connectivity index (χ1) is 6.56. The van der Waals surface area contributed by atoms with E-state index >= 15 is 0 Å². The molecule has 0 aromatic heterocycles. The maximum atomic E-state index is 11.7. The lowest BCUT2D eigenvalue weighted by Gasteiger charge is -2.15. The summed E-state index contributed by atoms with van der Waals surface area (Å²) in [7, 11) is 1.72. The lowest BCUT2D eigenvalue weighted by Crippen LogP contribution is -2.26. The summed E-state index contributed by atoms with van der Waals surface area (Å²) >= 11 is 5.89. The van der Waals surface area contributed by atoms with Crippen molar-refractivity contribution in [3.8, 4) is 0 Å². The Labute approximate surface area is 88.5 Å². The van der Waals surface area contributed by atoms with Gasteiger partial charge in [-0.2, -0.15) is 0 Å². The van der Waals surface area contributed by atoms with E-state index in [0.29, 0.717) is 22.8 Å². The number of carbonyl (C=O) groups is 1. The van der Waals surface area contributed by atoms with Crippen molar-refractivity contribution in [3.63, 3.8) is 0 Å². The Bertz CT molecular complexity index is 352. The predicted molar refractivity (Wildman–Crippen MR) is 58.5 cm³/mol. The summed E-state index contributed by atoms with van der Waals surface area (Å²) in [5.74, 6) is -0.107. The Kier molecular flexibility index (Phi) is 3.36. The van der Waals surface area contributed by atoms with E-state index < -0.39 is 0 Å². The van der Waals surface area contributed by atoms with Gasteiger partial charge in [-0.15, -0.1) is 0 Å². The minimum atomic E-state index is -0.107. The molecule has 0 atom stereocenters. The Morgan fingerprint density at radius 3 is 2.79 bits per heavy atom. The number of hydrogen-bond acceptors (Lipinski definition) is 2. The van der Waals surface area contributed by atoms with E-state index in [9.17, 15) is 4.79 Å². The summed E-state index contributed by atoms with van der Waals surface area (Å²) in [6.45, 7) is 2.54. The summed E-state index contributed by atoms with van der Waals surface area (Å²) in [4.78, 5) is 13.3. The molecule has 1 rings (SSSR count). The first-order valence-corrected chi connectivity index (χ1v) is 4.74. The van der Waals surface area contributed by atoms with Crippen LogP contribution in [0.5, 0.6) is 0 Å². The fourth-order valence-corrected chi connectivity index (χ4v) is 1.25. The molecule has 0 saturated heterocycles. The number of amides is 1. The topological polar surface area (TPSA) is 46.3 Å². The predicted octanol–water partition coefficient (Wildman–Crippen LogP) is 2.01. The van der Waals surface area contributed by atoms with Gasteiger partial charge in [-0.3, -0.25) is 4.79 Å². The first kappa shape index (κ1) is 10.9. The lowest BCUT2D eigenvalue weighted by atomic mass is 10.2. The van der Waals surface area contributed by atoms with Gasteiger partial charge in [0.15, 0.2) is 0 Å². The molecule has 1 aromatic rings. The van der Waals surface area contributed by atoms with Crippen LogP contribution in [0.3, 0.4) is 0 Å². The SMILES string of the molecule is CCN(C)C(=O)c1cc(N)ccc1Cl. The van der Waals surface area contributed by atoms with Crippen molar-refractivity contribution in [2.45, 2.75) is 6.92 Å². The van der Waals surface area contributed by atoms with E-state index in [0.717, 1.165) is 0 Å². The Balaban J connectivity index is 3.06. The molecule has 0 aliphatic carbocycles. The van der Waals surface area contributed by atoms with Gasteiger partial charge in [0.05, 0.1) is 10.6 Å². The molecule has 0 unspecified atom stereocenters. The zero-order valence-electron chi connectivity index (χ0n) is 8.25. The van der Waals surface area contributed by atoms with Crippen LogP contribution in [0.1, 0.15) is 17.3 Å². The second-order valence-corrected chi connectivity index (χ2v) is 3.47. The minimum absolute atomic E-state index is 0.107. The van der Waals surface area contributed by atoms with Gasteiger partial charge in [-0.05, 0) is 25.1 Å². The minimum Gasteiger partial charge on any atom is -0.399 e. The maximum absolute atomic E-state index is 11.7. The van der Waals surface area contributed by atoms with Gasteiger partial charge in [0.1, 0.15) is 0 Å². The third-order valence-corrected chi connectivity index (χ3v) is 2.37. The van der Waals surface area contributed by atoms with Crippen LogP contribution in [0.2, 0.25) is 5.02 Å². The number of nitrogens with zero attached hydrogens (tertiary/aromatic N) is 1. The molecule has 14 heavy (non-hydrogen) atoms. The highest BCUT2D eigenvalue weighted by atomic mass is 35.5. The molecule has 4 heteroatoms. The van der Waals surface area contributed by atoms with Crippen LogP contribution in [0, 0.1) is 0 Å². The summed E-state index contributed by atoms with van der Waals surface area (Å²) in [6, 6.07) is 4.90. The van der Waals surface area contributed by atoms with Crippen LogP contribution in [0.4, 0.5) is 5.69 Å². The van der Waals surface area contributed by atoms with Crippen molar-refractivity contribution < 1.29 is 4.79 Å².